The quantitative estimate of drug-likeness (QED) is 0.753. The van der Waals surface area contributed by atoms with Gasteiger partial charge in [-0.05, 0) is 36.2 Å². The van der Waals surface area contributed by atoms with Gasteiger partial charge in [0.1, 0.15) is 6.54 Å². The van der Waals surface area contributed by atoms with E-state index in [9.17, 15) is 9.59 Å². The molecule has 8 heteroatoms. The fourth-order valence-corrected chi connectivity index (χ4v) is 2.77. The third-order valence-electron chi connectivity index (χ3n) is 4.22. The Morgan fingerprint density at radius 2 is 1.89 bits per heavy atom. The van der Waals surface area contributed by atoms with E-state index in [1.165, 1.54) is 5.01 Å². The van der Waals surface area contributed by atoms with Crippen molar-refractivity contribution in [2.75, 3.05) is 32.3 Å². The molecule has 8 nitrogen and oxygen atoms in total. The van der Waals surface area contributed by atoms with Crippen molar-refractivity contribution >= 4 is 23.3 Å². The van der Waals surface area contributed by atoms with Crippen molar-refractivity contribution in [1.29, 1.82) is 0 Å². The zero-order chi connectivity index (χ0) is 19.9. The van der Waals surface area contributed by atoms with Crippen LogP contribution in [0.2, 0.25) is 0 Å². The molecule has 0 saturated heterocycles. The molecule has 0 bridgehead atoms. The van der Waals surface area contributed by atoms with Gasteiger partial charge in [-0.15, -0.1) is 0 Å². The molecular formula is C20H22N4O4. The normalized spacial score (nSPS) is 13.4. The molecule has 0 aliphatic carbocycles. The Balaban J connectivity index is 1.57. The van der Waals surface area contributed by atoms with Gasteiger partial charge < -0.3 is 14.8 Å². The maximum absolute atomic E-state index is 12.4. The molecule has 1 heterocycles. The molecule has 28 heavy (non-hydrogen) atoms. The molecule has 2 aromatic carbocycles. The molecule has 2 N–H and O–H groups in total. The van der Waals surface area contributed by atoms with Crippen molar-refractivity contribution in [3.05, 3.63) is 54.1 Å². The summed E-state index contributed by atoms with van der Waals surface area (Å²) in [5.74, 6) is 0.807. The summed E-state index contributed by atoms with van der Waals surface area (Å²) in [6.45, 7) is 0.328. The van der Waals surface area contributed by atoms with Crippen molar-refractivity contribution in [2.45, 2.75) is 6.42 Å². The standard InChI is InChI=1S/C20H22N4O4/c1-27-16-9-8-14(12-17(16)28-2)10-11-21-20(26)19-22-13-18(25)24(23-19)15-6-4-3-5-7-15/h3-9,12H,10-11,13H2,1-2H3,(H,21,26)(H,22,23). The minimum Gasteiger partial charge on any atom is -0.493 e. The first-order chi connectivity index (χ1) is 13.6. The zero-order valence-electron chi connectivity index (χ0n) is 15.8. The Kier molecular flexibility index (Phi) is 6.11. The average Bonchev–Trinajstić information content (AvgIpc) is 2.74. The lowest BCUT2D eigenvalue weighted by atomic mass is 10.1. The van der Waals surface area contributed by atoms with Gasteiger partial charge in [-0.1, -0.05) is 24.3 Å². The third-order valence-corrected chi connectivity index (χ3v) is 4.22. The molecule has 1 aliphatic heterocycles. The predicted octanol–water partition coefficient (Wildman–Crippen LogP) is 1.31. The first-order valence-electron chi connectivity index (χ1n) is 8.80. The van der Waals surface area contributed by atoms with Crippen molar-refractivity contribution in [3.63, 3.8) is 0 Å². The Bertz CT molecular complexity index is 883. The van der Waals surface area contributed by atoms with Crippen molar-refractivity contribution in [3.8, 4) is 11.5 Å². The second kappa shape index (κ2) is 8.90. The van der Waals surface area contributed by atoms with Crippen LogP contribution in [0.3, 0.4) is 0 Å². The highest BCUT2D eigenvalue weighted by Gasteiger charge is 2.25. The molecule has 0 atom stereocenters. The van der Waals surface area contributed by atoms with Gasteiger partial charge in [-0.2, -0.15) is 0 Å². The highest BCUT2D eigenvalue weighted by atomic mass is 16.5. The topological polar surface area (TPSA) is 92.3 Å². The van der Waals surface area contributed by atoms with Gasteiger partial charge in [-0.25, -0.2) is 5.01 Å². The van der Waals surface area contributed by atoms with E-state index in [0.717, 1.165) is 5.56 Å². The van der Waals surface area contributed by atoms with Crippen LogP contribution in [0.5, 0.6) is 11.5 Å². The van der Waals surface area contributed by atoms with E-state index in [1.807, 2.05) is 36.4 Å². The highest BCUT2D eigenvalue weighted by molar-refractivity contribution is 6.39. The number of benzene rings is 2. The second-order valence-corrected chi connectivity index (χ2v) is 6.04. The molecule has 0 unspecified atom stereocenters. The minimum absolute atomic E-state index is 0.0830. The van der Waals surface area contributed by atoms with Gasteiger partial charge in [0.2, 0.25) is 5.84 Å². The fourth-order valence-electron chi connectivity index (χ4n) is 2.77. The Morgan fingerprint density at radius 1 is 1.14 bits per heavy atom. The van der Waals surface area contributed by atoms with E-state index in [2.05, 4.69) is 15.7 Å². The van der Waals surface area contributed by atoms with E-state index in [4.69, 9.17) is 9.47 Å². The molecule has 0 fully saturated rings. The van der Waals surface area contributed by atoms with Crippen LogP contribution in [-0.2, 0) is 16.0 Å². The molecule has 146 valence electrons. The maximum atomic E-state index is 12.4. The van der Waals surface area contributed by atoms with Crippen LogP contribution in [0, 0.1) is 0 Å². The summed E-state index contributed by atoms with van der Waals surface area (Å²) in [5, 5.41) is 4.14. The lowest BCUT2D eigenvalue weighted by Crippen LogP contribution is -2.55. The van der Waals surface area contributed by atoms with Gasteiger partial charge in [0.25, 0.3) is 11.8 Å². The van der Waals surface area contributed by atoms with Gasteiger partial charge >= 0.3 is 0 Å². The van der Waals surface area contributed by atoms with E-state index >= 15 is 0 Å². The number of para-hydroxylation sites is 1. The number of carbonyl (C=O) groups excluding carboxylic acids is 2. The summed E-state index contributed by atoms with van der Waals surface area (Å²) in [6.07, 6.45) is 0.612. The zero-order valence-corrected chi connectivity index (χ0v) is 15.8. The number of hydrazine groups is 1. The largest absolute Gasteiger partial charge is 0.493 e. The molecule has 3 rings (SSSR count). The number of methoxy groups -OCH3 is 2. The van der Waals surface area contributed by atoms with Crippen molar-refractivity contribution in [2.24, 2.45) is 4.99 Å². The number of rotatable bonds is 7. The molecule has 2 aromatic rings. The number of nitrogens with one attached hydrogen (secondary N) is 2. The maximum Gasteiger partial charge on any atom is 0.288 e. The highest BCUT2D eigenvalue weighted by Crippen LogP contribution is 2.27. The molecule has 2 amide bonds. The number of amides is 2. The van der Waals surface area contributed by atoms with Crippen LogP contribution < -0.4 is 25.2 Å². The summed E-state index contributed by atoms with van der Waals surface area (Å²) in [4.78, 5) is 28.5. The molecule has 0 radical (unpaired) electrons. The van der Waals surface area contributed by atoms with Gasteiger partial charge in [0.15, 0.2) is 11.5 Å². The number of carbonyl (C=O) groups is 2. The van der Waals surface area contributed by atoms with E-state index in [1.54, 1.807) is 26.4 Å². The van der Waals surface area contributed by atoms with Gasteiger partial charge in [0.05, 0.1) is 19.9 Å². The van der Waals surface area contributed by atoms with Crippen molar-refractivity contribution < 1.29 is 19.1 Å². The smallest absolute Gasteiger partial charge is 0.288 e. The minimum atomic E-state index is -0.367. The number of ether oxygens (including phenoxy) is 2. The molecule has 0 spiro atoms. The molecular weight excluding hydrogens is 360 g/mol. The summed E-state index contributed by atoms with van der Waals surface area (Å²) in [7, 11) is 3.16. The number of nitrogens with zero attached hydrogens (tertiary/aromatic N) is 2. The van der Waals surface area contributed by atoms with E-state index < -0.39 is 0 Å². The first-order valence-corrected chi connectivity index (χ1v) is 8.80. The average molecular weight is 382 g/mol. The SMILES string of the molecule is COc1ccc(CCNC(=O)C2=NCC(=O)N(c3ccccc3)N2)cc1OC. The lowest BCUT2D eigenvalue weighted by molar-refractivity contribution is -0.118. The van der Waals surface area contributed by atoms with Crippen LogP contribution >= 0.6 is 0 Å². The van der Waals surface area contributed by atoms with Crippen LogP contribution in [0.15, 0.2) is 53.5 Å². The summed E-state index contributed by atoms with van der Waals surface area (Å²) >= 11 is 0. The van der Waals surface area contributed by atoms with E-state index in [-0.39, 0.29) is 24.2 Å². The molecule has 0 aromatic heterocycles. The fraction of sp³-hybridized carbons (Fsp3) is 0.250. The summed E-state index contributed by atoms with van der Waals surface area (Å²) in [5.41, 5.74) is 4.44. The van der Waals surface area contributed by atoms with Gasteiger partial charge in [-0.3, -0.25) is 20.0 Å². The van der Waals surface area contributed by atoms with Crippen LogP contribution in [0.1, 0.15) is 5.56 Å². The number of hydrogen-bond acceptors (Lipinski definition) is 6. The third kappa shape index (κ3) is 4.40. The molecule has 0 saturated carbocycles. The number of amidine groups is 1. The Labute approximate surface area is 163 Å². The first kappa shape index (κ1) is 19.2. The van der Waals surface area contributed by atoms with Crippen LogP contribution in [-0.4, -0.2) is 45.0 Å². The van der Waals surface area contributed by atoms with Gasteiger partial charge in [0, 0.05) is 6.54 Å². The Morgan fingerprint density at radius 3 is 2.61 bits per heavy atom. The number of anilines is 1. The Hall–Kier alpha value is -3.55. The lowest BCUT2D eigenvalue weighted by Gasteiger charge is -2.27. The van der Waals surface area contributed by atoms with Crippen LogP contribution in [0.25, 0.3) is 0 Å². The van der Waals surface area contributed by atoms with Crippen molar-refractivity contribution in [1.82, 2.24) is 10.7 Å². The summed E-state index contributed by atoms with van der Waals surface area (Å²) in [6, 6.07) is 14.7. The second-order valence-electron chi connectivity index (χ2n) is 6.04. The predicted molar refractivity (Wildman–Crippen MR) is 106 cm³/mol. The summed E-state index contributed by atoms with van der Waals surface area (Å²) < 4.78 is 10.5. The van der Waals surface area contributed by atoms with Crippen LogP contribution in [0.4, 0.5) is 5.69 Å². The number of aliphatic imine (C=N–C) groups is 1. The number of hydrogen-bond donors (Lipinski definition) is 2. The monoisotopic (exact) mass is 382 g/mol. The molecule has 1 aliphatic rings. The van der Waals surface area contributed by atoms with E-state index in [0.29, 0.717) is 30.2 Å².